The lowest BCUT2D eigenvalue weighted by molar-refractivity contribution is -0.137. The first-order valence-corrected chi connectivity index (χ1v) is 8.94. The van der Waals surface area contributed by atoms with Crippen LogP contribution in [0.25, 0.3) is 11.0 Å². The molecule has 1 aromatic heterocycles. The van der Waals surface area contributed by atoms with Crippen molar-refractivity contribution in [3.8, 4) is 5.75 Å². The Bertz CT molecular complexity index is 992. The summed E-state index contributed by atoms with van der Waals surface area (Å²) >= 11 is 0. The zero-order valence-electron chi connectivity index (χ0n) is 15.5. The minimum Gasteiger partial charge on any atom is -0.494 e. The number of benzene rings is 2. The van der Waals surface area contributed by atoms with E-state index in [1.54, 1.807) is 25.1 Å². The second-order valence-corrected chi connectivity index (χ2v) is 6.43. The van der Waals surface area contributed by atoms with Crippen LogP contribution < -0.4 is 10.1 Å². The second-order valence-electron chi connectivity index (χ2n) is 6.43. The molecule has 0 unspecified atom stereocenters. The van der Waals surface area contributed by atoms with Crippen molar-refractivity contribution in [1.29, 1.82) is 0 Å². The van der Waals surface area contributed by atoms with Crippen LogP contribution >= 0.6 is 0 Å². The van der Waals surface area contributed by atoms with E-state index in [2.05, 4.69) is 12.2 Å². The molecule has 1 heterocycles. The Morgan fingerprint density at radius 1 is 1.18 bits per heavy atom. The Morgan fingerprint density at radius 3 is 2.68 bits per heavy atom. The molecule has 0 radical (unpaired) electrons. The predicted molar refractivity (Wildman–Crippen MR) is 101 cm³/mol. The zero-order valence-corrected chi connectivity index (χ0v) is 15.5. The highest BCUT2D eigenvalue weighted by Crippen LogP contribution is 2.32. The van der Waals surface area contributed by atoms with Crippen LogP contribution in [-0.2, 0) is 6.18 Å². The van der Waals surface area contributed by atoms with Crippen molar-refractivity contribution in [1.82, 2.24) is 0 Å². The van der Waals surface area contributed by atoms with Gasteiger partial charge in [-0.3, -0.25) is 4.79 Å². The highest BCUT2D eigenvalue weighted by Gasteiger charge is 2.30. The van der Waals surface area contributed by atoms with E-state index in [9.17, 15) is 18.0 Å². The molecule has 1 N–H and O–H groups in total. The van der Waals surface area contributed by atoms with Crippen LogP contribution in [0.5, 0.6) is 5.75 Å². The molecule has 0 saturated heterocycles. The number of alkyl halides is 3. The first kappa shape index (κ1) is 19.8. The number of rotatable bonds is 6. The van der Waals surface area contributed by atoms with Gasteiger partial charge in [0.2, 0.25) is 0 Å². The molecule has 0 spiro atoms. The molecule has 0 aliphatic carbocycles. The van der Waals surface area contributed by atoms with Gasteiger partial charge >= 0.3 is 6.18 Å². The molecule has 28 heavy (non-hydrogen) atoms. The molecule has 0 aliphatic rings. The van der Waals surface area contributed by atoms with Crippen LogP contribution in [0.2, 0.25) is 0 Å². The summed E-state index contributed by atoms with van der Waals surface area (Å²) in [4.78, 5) is 12.7. The van der Waals surface area contributed by atoms with E-state index in [0.717, 1.165) is 25.0 Å². The Kier molecular flexibility index (Phi) is 5.63. The number of carbonyl (C=O) groups excluding carboxylic acids is 1. The zero-order chi connectivity index (χ0) is 20.3. The number of amides is 1. The third kappa shape index (κ3) is 4.30. The molecule has 148 valence electrons. The molecular formula is C21H20F3NO3. The van der Waals surface area contributed by atoms with Gasteiger partial charge in [0.1, 0.15) is 17.1 Å². The van der Waals surface area contributed by atoms with Crippen LogP contribution in [0.1, 0.15) is 41.4 Å². The van der Waals surface area contributed by atoms with Gasteiger partial charge in [0.15, 0.2) is 0 Å². The average molecular weight is 391 g/mol. The van der Waals surface area contributed by atoms with Crippen LogP contribution in [-0.4, -0.2) is 12.5 Å². The van der Waals surface area contributed by atoms with Gasteiger partial charge in [-0.1, -0.05) is 19.4 Å². The van der Waals surface area contributed by atoms with E-state index in [4.69, 9.17) is 9.15 Å². The number of aryl methyl sites for hydroxylation is 1. The topological polar surface area (TPSA) is 51.5 Å². The average Bonchev–Trinajstić information content (AvgIpc) is 2.96. The Hall–Kier alpha value is -2.96. The number of fused-ring (bicyclic) bond motifs is 1. The van der Waals surface area contributed by atoms with Gasteiger partial charge in [0.05, 0.1) is 17.7 Å². The van der Waals surface area contributed by atoms with Crippen LogP contribution in [0, 0.1) is 6.92 Å². The molecule has 0 aliphatic heterocycles. The summed E-state index contributed by atoms with van der Waals surface area (Å²) in [5, 5.41) is 3.07. The van der Waals surface area contributed by atoms with E-state index in [1.165, 1.54) is 12.1 Å². The summed E-state index contributed by atoms with van der Waals surface area (Å²) in [7, 11) is 0. The van der Waals surface area contributed by atoms with Gasteiger partial charge < -0.3 is 14.5 Å². The first-order chi connectivity index (χ1) is 13.3. The van der Waals surface area contributed by atoms with Crippen molar-refractivity contribution in [3.63, 3.8) is 0 Å². The summed E-state index contributed by atoms with van der Waals surface area (Å²) in [6.45, 7) is 4.26. The lowest BCUT2D eigenvalue weighted by atomic mass is 10.1. The van der Waals surface area contributed by atoms with E-state index in [1.807, 2.05) is 0 Å². The Labute approximate surface area is 160 Å². The number of carbonyl (C=O) groups is 1. The predicted octanol–water partition coefficient (Wildman–Crippen LogP) is 6.19. The highest BCUT2D eigenvalue weighted by atomic mass is 19.4. The SMILES string of the molecule is CCCCOc1ccc2oc(C)c(C(=O)Nc3cccc(C(F)(F)F)c3)c2c1. The largest absolute Gasteiger partial charge is 0.494 e. The fourth-order valence-electron chi connectivity index (χ4n) is 2.87. The number of halogens is 3. The third-order valence-corrected chi connectivity index (χ3v) is 4.28. The summed E-state index contributed by atoms with van der Waals surface area (Å²) in [6.07, 6.45) is -2.58. The number of anilines is 1. The molecule has 0 fully saturated rings. The molecule has 0 atom stereocenters. The van der Waals surface area contributed by atoms with Crippen LogP contribution in [0.4, 0.5) is 18.9 Å². The summed E-state index contributed by atoms with van der Waals surface area (Å²) in [6, 6.07) is 9.69. The van der Waals surface area contributed by atoms with Crippen LogP contribution in [0.3, 0.4) is 0 Å². The number of unbranched alkanes of at least 4 members (excludes halogenated alkanes) is 1. The molecule has 0 saturated carbocycles. The Balaban J connectivity index is 1.89. The smallest absolute Gasteiger partial charge is 0.416 e. The van der Waals surface area contributed by atoms with E-state index >= 15 is 0 Å². The quantitative estimate of drug-likeness (QED) is 0.510. The van der Waals surface area contributed by atoms with Gasteiger partial charge in [-0.15, -0.1) is 0 Å². The third-order valence-electron chi connectivity index (χ3n) is 4.28. The minimum atomic E-state index is -4.48. The second kappa shape index (κ2) is 7.96. The van der Waals surface area contributed by atoms with Crippen molar-refractivity contribution in [2.75, 3.05) is 11.9 Å². The first-order valence-electron chi connectivity index (χ1n) is 8.94. The number of hydrogen-bond donors (Lipinski definition) is 1. The molecular weight excluding hydrogens is 371 g/mol. The molecule has 1 amide bonds. The lowest BCUT2D eigenvalue weighted by Crippen LogP contribution is -2.13. The Morgan fingerprint density at radius 2 is 1.96 bits per heavy atom. The summed E-state index contributed by atoms with van der Waals surface area (Å²) in [5.41, 5.74) is 0.0116. The summed E-state index contributed by atoms with van der Waals surface area (Å²) < 4.78 is 49.9. The maximum Gasteiger partial charge on any atom is 0.416 e. The van der Waals surface area contributed by atoms with E-state index in [-0.39, 0.29) is 11.3 Å². The van der Waals surface area contributed by atoms with Crippen molar-refractivity contribution in [2.24, 2.45) is 0 Å². The van der Waals surface area contributed by atoms with Gasteiger partial charge in [0.25, 0.3) is 5.91 Å². The molecule has 7 heteroatoms. The molecule has 0 bridgehead atoms. The molecule has 2 aromatic carbocycles. The van der Waals surface area contributed by atoms with Gasteiger partial charge in [-0.05, 0) is 49.7 Å². The van der Waals surface area contributed by atoms with Crippen LogP contribution in [0.15, 0.2) is 46.9 Å². The van der Waals surface area contributed by atoms with Gasteiger partial charge in [-0.2, -0.15) is 13.2 Å². The molecule has 3 rings (SSSR count). The van der Waals surface area contributed by atoms with E-state index in [0.29, 0.717) is 29.1 Å². The fourth-order valence-corrected chi connectivity index (χ4v) is 2.87. The van der Waals surface area contributed by atoms with Crippen molar-refractivity contribution >= 4 is 22.6 Å². The fraction of sp³-hybridized carbons (Fsp3) is 0.286. The van der Waals surface area contributed by atoms with Crippen molar-refractivity contribution < 1.29 is 27.1 Å². The minimum absolute atomic E-state index is 0.0592. The standard InChI is InChI=1S/C21H20F3NO3/c1-3-4-10-27-16-8-9-18-17(12-16)19(13(2)28-18)20(26)25-15-7-5-6-14(11-15)21(22,23)24/h5-9,11-12H,3-4,10H2,1-2H3,(H,25,26). The van der Waals surface area contributed by atoms with Crippen molar-refractivity contribution in [3.05, 3.63) is 59.4 Å². The number of furan rings is 1. The monoisotopic (exact) mass is 391 g/mol. The molecule has 4 nitrogen and oxygen atoms in total. The lowest BCUT2D eigenvalue weighted by Gasteiger charge is -2.10. The maximum absolute atomic E-state index is 12.9. The van der Waals surface area contributed by atoms with Gasteiger partial charge in [0, 0.05) is 11.1 Å². The van der Waals surface area contributed by atoms with Crippen molar-refractivity contribution in [2.45, 2.75) is 32.9 Å². The number of ether oxygens (including phenoxy) is 1. The normalized spacial score (nSPS) is 11.6. The van der Waals surface area contributed by atoms with E-state index < -0.39 is 17.6 Å². The number of hydrogen-bond acceptors (Lipinski definition) is 3. The van der Waals surface area contributed by atoms with Gasteiger partial charge in [-0.25, -0.2) is 0 Å². The molecule has 3 aromatic rings. The highest BCUT2D eigenvalue weighted by molar-refractivity contribution is 6.13. The number of nitrogens with one attached hydrogen (secondary N) is 1. The summed E-state index contributed by atoms with van der Waals surface area (Å²) in [5.74, 6) is 0.446. The maximum atomic E-state index is 12.9.